The summed E-state index contributed by atoms with van der Waals surface area (Å²) in [5.41, 5.74) is 0. The molecule has 1 N–H and O–H groups in total. The van der Waals surface area contributed by atoms with E-state index in [2.05, 4.69) is 4.84 Å². The molecule has 0 aromatic heterocycles. The Balaban J connectivity index is 2.11. The lowest BCUT2D eigenvalue weighted by Gasteiger charge is -2.31. The molecule has 158 valence electrons. The Kier molecular flexibility index (Phi) is 8.85. The van der Waals surface area contributed by atoms with E-state index in [0.717, 1.165) is 0 Å². The third-order valence-corrected chi connectivity index (χ3v) is 4.74. The van der Waals surface area contributed by atoms with Gasteiger partial charge >= 0.3 is 12.1 Å². The molecule has 0 saturated carbocycles. The lowest BCUT2D eigenvalue weighted by Crippen LogP contribution is -2.45. The quantitative estimate of drug-likeness (QED) is 0.400. The third kappa shape index (κ3) is 7.48. The van der Waals surface area contributed by atoms with Crippen molar-refractivity contribution in [2.45, 2.75) is 69.6 Å². The Morgan fingerprint density at radius 1 is 1.25 bits per heavy atom. The number of rotatable bonds is 7. The molecule has 0 spiro atoms. The van der Waals surface area contributed by atoms with Crippen molar-refractivity contribution in [2.75, 3.05) is 6.61 Å². The number of hydrogen-bond acceptors (Lipinski definition) is 5. The largest absolute Gasteiger partial charge is 0.484 e. The first-order chi connectivity index (χ1) is 13.3. The molecule has 0 unspecified atom stereocenters. The molecule has 0 amide bonds. The molecule has 1 aromatic rings. The number of benzene rings is 1. The molecule has 0 aliphatic carbocycles. The van der Waals surface area contributed by atoms with E-state index in [1.165, 1.54) is 0 Å². The molecular formula is C19H25ClF3NO4. The Labute approximate surface area is 167 Å². The van der Waals surface area contributed by atoms with Crippen LogP contribution in [0.1, 0.15) is 39.0 Å². The number of esters is 1. The second-order valence-electron chi connectivity index (χ2n) is 6.76. The van der Waals surface area contributed by atoms with Gasteiger partial charge in [0.05, 0.1) is 6.10 Å². The number of para-hydroxylation sites is 1. The van der Waals surface area contributed by atoms with Crippen molar-refractivity contribution in [3.05, 3.63) is 30.3 Å². The van der Waals surface area contributed by atoms with E-state index in [4.69, 9.17) is 26.0 Å². The predicted octanol–water partition coefficient (Wildman–Crippen LogP) is 4.39. The van der Waals surface area contributed by atoms with Crippen LogP contribution >= 0.6 is 11.8 Å². The van der Waals surface area contributed by atoms with Crippen molar-refractivity contribution in [1.82, 2.24) is 4.84 Å². The summed E-state index contributed by atoms with van der Waals surface area (Å²) in [5, 5.41) is 0. The Hall–Kier alpha value is -1.51. The zero-order chi connectivity index (χ0) is 20.6. The van der Waals surface area contributed by atoms with Crippen molar-refractivity contribution >= 4 is 17.7 Å². The van der Waals surface area contributed by atoms with Gasteiger partial charge in [0.2, 0.25) is 0 Å². The summed E-state index contributed by atoms with van der Waals surface area (Å²) >= 11 is 5.63. The number of carbonyl (C=O) groups is 1. The highest BCUT2D eigenvalue weighted by atomic mass is 35.5. The first kappa shape index (κ1) is 22.8. The van der Waals surface area contributed by atoms with Gasteiger partial charge in [-0.05, 0) is 56.5 Å². The van der Waals surface area contributed by atoms with Crippen LogP contribution in [0, 0.1) is 0 Å². The number of nitrogens with one attached hydrogen (secondary N) is 1. The molecule has 1 aliphatic heterocycles. The SMILES string of the molecule is C[C@@H]1OC(=O)[C@@H](NCl)CCC[C@H](OCCCC(F)(F)F)[C@H]1Oc1ccccc1. The van der Waals surface area contributed by atoms with Crippen LogP contribution in [0.2, 0.25) is 0 Å². The maximum Gasteiger partial charge on any atom is 0.389 e. The molecule has 28 heavy (non-hydrogen) atoms. The van der Waals surface area contributed by atoms with Crippen LogP contribution < -0.4 is 9.57 Å². The molecule has 1 fully saturated rings. The molecular weight excluding hydrogens is 399 g/mol. The summed E-state index contributed by atoms with van der Waals surface area (Å²) in [6.45, 7) is 1.62. The van der Waals surface area contributed by atoms with Gasteiger partial charge in [-0.15, -0.1) is 0 Å². The van der Waals surface area contributed by atoms with E-state index >= 15 is 0 Å². The maximum absolute atomic E-state index is 12.4. The highest BCUT2D eigenvalue weighted by Crippen LogP contribution is 2.25. The number of halogens is 4. The van der Waals surface area contributed by atoms with Crippen LogP contribution in [0.5, 0.6) is 5.75 Å². The molecule has 2 rings (SSSR count). The van der Waals surface area contributed by atoms with E-state index in [-0.39, 0.29) is 13.0 Å². The molecule has 0 radical (unpaired) electrons. The summed E-state index contributed by atoms with van der Waals surface area (Å²) in [6, 6.07) is 8.28. The van der Waals surface area contributed by atoms with Gasteiger partial charge in [0.15, 0.2) is 6.10 Å². The lowest BCUT2D eigenvalue weighted by molar-refractivity contribution is -0.160. The average Bonchev–Trinajstić information content (AvgIpc) is 2.69. The van der Waals surface area contributed by atoms with Gasteiger partial charge in [0, 0.05) is 13.0 Å². The summed E-state index contributed by atoms with van der Waals surface area (Å²) in [7, 11) is 0. The normalized spacial score (nSPS) is 26.7. The lowest BCUT2D eigenvalue weighted by atomic mass is 10.0. The minimum absolute atomic E-state index is 0.0589. The van der Waals surface area contributed by atoms with Crippen LogP contribution in [-0.2, 0) is 14.3 Å². The Morgan fingerprint density at radius 2 is 1.96 bits per heavy atom. The summed E-state index contributed by atoms with van der Waals surface area (Å²) < 4.78 is 54.4. The third-order valence-electron chi connectivity index (χ3n) is 4.48. The van der Waals surface area contributed by atoms with E-state index in [1.807, 2.05) is 6.07 Å². The Morgan fingerprint density at radius 3 is 2.61 bits per heavy atom. The van der Waals surface area contributed by atoms with Crippen LogP contribution in [-0.4, -0.2) is 43.1 Å². The zero-order valence-corrected chi connectivity index (χ0v) is 16.3. The van der Waals surface area contributed by atoms with E-state index in [9.17, 15) is 18.0 Å². The molecule has 4 atom stereocenters. The second-order valence-corrected chi connectivity index (χ2v) is 6.98. The van der Waals surface area contributed by atoms with E-state index in [0.29, 0.717) is 25.0 Å². The number of alkyl halides is 3. The summed E-state index contributed by atoms with van der Waals surface area (Å²) in [6.07, 6.45) is -5.63. The van der Waals surface area contributed by atoms with Gasteiger partial charge in [-0.1, -0.05) is 18.2 Å². The monoisotopic (exact) mass is 423 g/mol. The second kappa shape index (κ2) is 10.9. The van der Waals surface area contributed by atoms with Crippen LogP contribution in [0.25, 0.3) is 0 Å². The fourth-order valence-corrected chi connectivity index (χ4v) is 3.25. The number of ether oxygens (including phenoxy) is 3. The molecule has 1 aromatic carbocycles. The van der Waals surface area contributed by atoms with Gasteiger partial charge in [0.25, 0.3) is 0 Å². The van der Waals surface area contributed by atoms with Gasteiger partial charge in [-0.2, -0.15) is 13.2 Å². The van der Waals surface area contributed by atoms with Crippen molar-refractivity contribution in [3.8, 4) is 5.75 Å². The van der Waals surface area contributed by atoms with Crippen molar-refractivity contribution in [3.63, 3.8) is 0 Å². The van der Waals surface area contributed by atoms with Crippen LogP contribution in [0.4, 0.5) is 13.2 Å². The summed E-state index contributed by atoms with van der Waals surface area (Å²) in [5.74, 6) is 0.0624. The fourth-order valence-electron chi connectivity index (χ4n) is 3.05. The van der Waals surface area contributed by atoms with E-state index in [1.54, 1.807) is 31.2 Å². The van der Waals surface area contributed by atoms with Gasteiger partial charge in [0.1, 0.15) is 17.9 Å². The molecule has 9 heteroatoms. The Bertz CT molecular complexity index is 603. The molecule has 1 aliphatic rings. The first-order valence-electron chi connectivity index (χ1n) is 9.27. The zero-order valence-electron chi connectivity index (χ0n) is 15.6. The summed E-state index contributed by atoms with van der Waals surface area (Å²) in [4.78, 5) is 14.7. The molecule has 1 saturated heterocycles. The standard InChI is InChI=1S/C19H25ClF3NO4/c1-13-17(28-14-7-3-2-4-8-14)16(26-12-6-11-19(21,22)23)10-5-9-15(24-20)18(25)27-13/h2-4,7-8,13,15-17,24H,5-6,9-12H2,1H3/t13-,15-,16-,17-/m0/s1. The predicted molar refractivity (Wildman–Crippen MR) is 98.1 cm³/mol. The van der Waals surface area contributed by atoms with Crippen molar-refractivity contribution in [2.24, 2.45) is 0 Å². The van der Waals surface area contributed by atoms with Crippen molar-refractivity contribution in [1.29, 1.82) is 0 Å². The highest BCUT2D eigenvalue weighted by molar-refractivity contribution is 6.14. The van der Waals surface area contributed by atoms with E-state index < -0.39 is 42.9 Å². The van der Waals surface area contributed by atoms with Crippen molar-refractivity contribution < 1.29 is 32.2 Å². The molecule has 1 heterocycles. The van der Waals surface area contributed by atoms with Crippen LogP contribution in [0.15, 0.2) is 30.3 Å². The first-order valence-corrected chi connectivity index (χ1v) is 9.64. The van der Waals surface area contributed by atoms with Gasteiger partial charge < -0.3 is 14.2 Å². The highest BCUT2D eigenvalue weighted by Gasteiger charge is 2.36. The average molecular weight is 424 g/mol. The topological polar surface area (TPSA) is 56.8 Å². The minimum Gasteiger partial charge on any atom is -0.484 e. The van der Waals surface area contributed by atoms with Crippen LogP contribution in [0.3, 0.4) is 0 Å². The number of carbonyl (C=O) groups excluding carboxylic acids is 1. The minimum atomic E-state index is -4.22. The maximum atomic E-state index is 12.4. The van der Waals surface area contributed by atoms with Gasteiger partial charge in [-0.3, -0.25) is 4.79 Å². The molecule has 0 bridgehead atoms. The number of hydrogen-bond donors (Lipinski definition) is 1. The fraction of sp³-hybridized carbons (Fsp3) is 0.632. The smallest absolute Gasteiger partial charge is 0.389 e. The number of cyclic esters (lactones) is 1. The molecule has 5 nitrogen and oxygen atoms in total. The van der Waals surface area contributed by atoms with Gasteiger partial charge in [-0.25, -0.2) is 4.84 Å².